The third-order valence-corrected chi connectivity index (χ3v) is 5.14. The Hall–Kier alpha value is -4.86. The number of anilines is 3. The fourth-order valence-corrected chi connectivity index (χ4v) is 3.41. The standard InChI is InChI=1S/C24H20N8O2/c33-23(12-15-31-16-25-20-5-2-1-4-19(20)24(31)34)28-18-8-6-17(7-9-18)27-21-10-11-22(30-29-21)32-14-3-13-26-32/h1-11,13-14,16H,12,15H2,(H,27,29)(H,28,33). The maximum Gasteiger partial charge on any atom is 0.261 e. The summed E-state index contributed by atoms with van der Waals surface area (Å²) in [6.07, 6.45) is 5.09. The van der Waals surface area contributed by atoms with E-state index in [4.69, 9.17) is 0 Å². The molecule has 0 saturated carbocycles. The van der Waals surface area contributed by atoms with Crippen molar-refractivity contribution in [3.05, 3.63) is 95.8 Å². The van der Waals surface area contributed by atoms with Crippen LogP contribution in [0.1, 0.15) is 6.42 Å². The second kappa shape index (κ2) is 9.33. The molecule has 168 valence electrons. The second-order valence-corrected chi connectivity index (χ2v) is 7.49. The molecule has 0 aliphatic carbocycles. The van der Waals surface area contributed by atoms with Crippen LogP contribution in [0.25, 0.3) is 16.7 Å². The summed E-state index contributed by atoms with van der Waals surface area (Å²) in [6, 6.07) is 19.8. The number of nitrogens with zero attached hydrogens (tertiary/aromatic N) is 6. The van der Waals surface area contributed by atoms with E-state index in [1.807, 2.05) is 36.4 Å². The van der Waals surface area contributed by atoms with Crippen LogP contribution in [0.5, 0.6) is 0 Å². The van der Waals surface area contributed by atoms with E-state index >= 15 is 0 Å². The van der Waals surface area contributed by atoms with Crippen LogP contribution in [0.4, 0.5) is 17.2 Å². The van der Waals surface area contributed by atoms with Gasteiger partial charge in [-0.3, -0.25) is 14.2 Å². The number of carbonyl (C=O) groups excluding carboxylic acids is 1. The lowest BCUT2D eigenvalue weighted by atomic mass is 10.2. The van der Waals surface area contributed by atoms with Crippen molar-refractivity contribution in [2.24, 2.45) is 0 Å². The van der Waals surface area contributed by atoms with Crippen molar-refractivity contribution in [1.29, 1.82) is 0 Å². The first-order chi connectivity index (χ1) is 16.7. The average Bonchev–Trinajstić information content (AvgIpc) is 3.41. The first kappa shape index (κ1) is 21.0. The summed E-state index contributed by atoms with van der Waals surface area (Å²) >= 11 is 0. The van der Waals surface area contributed by atoms with Gasteiger partial charge in [0.1, 0.15) is 0 Å². The Kier molecular flexibility index (Phi) is 5.76. The SMILES string of the molecule is O=C(CCn1cnc2ccccc2c1=O)Nc1ccc(Nc2ccc(-n3cccn3)nn2)cc1. The Balaban J connectivity index is 1.16. The number of fused-ring (bicyclic) bond motifs is 1. The minimum atomic E-state index is -0.194. The van der Waals surface area contributed by atoms with Gasteiger partial charge in [-0.05, 0) is 54.6 Å². The first-order valence-corrected chi connectivity index (χ1v) is 10.6. The number of hydrogen-bond donors (Lipinski definition) is 2. The summed E-state index contributed by atoms with van der Waals surface area (Å²) in [6.45, 7) is 0.245. The number of rotatable bonds is 7. The van der Waals surface area contributed by atoms with Gasteiger partial charge in [-0.1, -0.05) is 12.1 Å². The van der Waals surface area contributed by atoms with Gasteiger partial charge in [0, 0.05) is 36.7 Å². The van der Waals surface area contributed by atoms with Gasteiger partial charge < -0.3 is 10.6 Å². The fraction of sp³-hybridized carbons (Fsp3) is 0.0833. The molecule has 2 N–H and O–H groups in total. The first-order valence-electron chi connectivity index (χ1n) is 10.6. The molecule has 0 saturated heterocycles. The van der Waals surface area contributed by atoms with E-state index in [9.17, 15) is 9.59 Å². The van der Waals surface area contributed by atoms with E-state index in [-0.39, 0.29) is 24.4 Å². The highest BCUT2D eigenvalue weighted by Crippen LogP contribution is 2.18. The van der Waals surface area contributed by atoms with Crippen LogP contribution in [-0.2, 0) is 11.3 Å². The predicted octanol–water partition coefficient (Wildman–Crippen LogP) is 3.14. The number of aryl methyl sites for hydroxylation is 1. The van der Waals surface area contributed by atoms with E-state index in [1.165, 1.54) is 10.9 Å². The van der Waals surface area contributed by atoms with Crippen molar-refractivity contribution in [2.45, 2.75) is 13.0 Å². The molecule has 5 rings (SSSR count). The highest BCUT2D eigenvalue weighted by atomic mass is 16.2. The molecule has 0 spiro atoms. The summed E-state index contributed by atoms with van der Waals surface area (Å²) < 4.78 is 3.08. The molecule has 0 bridgehead atoms. The normalized spacial score (nSPS) is 10.8. The molecule has 10 nitrogen and oxygen atoms in total. The molecule has 2 aromatic carbocycles. The molecule has 0 fully saturated rings. The quantitative estimate of drug-likeness (QED) is 0.389. The van der Waals surface area contributed by atoms with E-state index in [0.29, 0.717) is 28.2 Å². The molecule has 5 aromatic rings. The minimum Gasteiger partial charge on any atom is -0.339 e. The van der Waals surface area contributed by atoms with E-state index in [0.717, 1.165) is 5.69 Å². The minimum absolute atomic E-state index is 0.151. The van der Waals surface area contributed by atoms with Gasteiger partial charge in [0.2, 0.25) is 5.91 Å². The molecule has 10 heteroatoms. The van der Waals surface area contributed by atoms with Gasteiger partial charge in [-0.2, -0.15) is 5.10 Å². The maximum absolute atomic E-state index is 12.5. The van der Waals surface area contributed by atoms with E-state index < -0.39 is 0 Å². The molecule has 0 aliphatic heterocycles. The smallest absolute Gasteiger partial charge is 0.261 e. The average molecular weight is 452 g/mol. The van der Waals surface area contributed by atoms with Crippen LogP contribution >= 0.6 is 0 Å². The van der Waals surface area contributed by atoms with Crippen molar-refractivity contribution >= 4 is 34.0 Å². The summed E-state index contributed by atoms with van der Waals surface area (Å²) in [5.41, 5.74) is 1.93. The summed E-state index contributed by atoms with van der Waals surface area (Å²) in [4.78, 5) is 29.2. The van der Waals surface area contributed by atoms with Crippen molar-refractivity contribution in [2.75, 3.05) is 10.6 Å². The topological polar surface area (TPSA) is 120 Å². The van der Waals surface area contributed by atoms with Crippen molar-refractivity contribution < 1.29 is 4.79 Å². The monoisotopic (exact) mass is 452 g/mol. The van der Waals surface area contributed by atoms with E-state index in [2.05, 4.69) is 30.9 Å². The zero-order chi connectivity index (χ0) is 23.3. The highest BCUT2D eigenvalue weighted by Gasteiger charge is 2.07. The second-order valence-electron chi connectivity index (χ2n) is 7.49. The van der Waals surface area contributed by atoms with Crippen molar-refractivity contribution in [3.63, 3.8) is 0 Å². The highest BCUT2D eigenvalue weighted by molar-refractivity contribution is 5.90. The predicted molar refractivity (Wildman–Crippen MR) is 128 cm³/mol. The van der Waals surface area contributed by atoms with E-state index in [1.54, 1.807) is 47.4 Å². The third-order valence-electron chi connectivity index (χ3n) is 5.14. The van der Waals surface area contributed by atoms with Gasteiger partial charge in [0.15, 0.2) is 11.6 Å². The fourth-order valence-electron chi connectivity index (χ4n) is 3.41. The maximum atomic E-state index is 12.5. The van der Waals surface area contributed by atoms with Crippen LogP contribution < -0.4 is 16.2 Å². The van der Waals surface area contributed by atoms with Crippen LogP contribution in [0, 0.1) is 0 Å². The van der Waals surface area contributed by atoms with Crippen LogP contribution in [0.15, 0.2) is 90.2 Å². The number of amides is 1. The lowest BCUT2D eigenvalue weighted by Gasteiger charge is -2.09. The van der Waals surface area contributed by atoms with Gasteiger partial charge >= 0.3 is 0 Å². The number of hydrogen-bond acceptors (Lipinski definition) is 7. The number of para-hydroxylation sites is 1. The number of nitrogens with one attached hydrogen (secondary N) is 2. The number of aromatic nitrogens is 6. The third kappa shape index (κ3) is 4.65. The summed E-state index contributed by atoms with van der Waals surface area (Å²) in [7, 11) is 0. The molecule has 3 heterocycles. The molecule has 0 aliphatic rings. The zero-order valence-electron chi connectivity index (χ0n) is 18.0. The summed E-state index contributed by atoms with van der Waals surface area (Å²) in [5.74, 6) is 1.01. The van der Waals surface area contributed by atoms with Gasteiger partial charge in [-0.15, -0.1) is 10.2 Å². The van der Waals surface area contributed by atoms with Crippen LogP contribution in [0.3, 0.4) is 0 Å². The van der Waals surface area contributed by atoms with Crippen molar-refractivity contribution in [1.82, 2.24) is 29.5 Å². The molecule has 34 heavy (non-hydrogen) atoms. The lowest BCUT2D eigenvalue weighted by molar-refractivity contribution is -0.116. The molecule has 0 unspecified atom stereocenters. The largest absolute Gasteiger partial charge is 0.339 e. The molecular formula is C24H20N8O2. The molecule has 0 atom stereocenters. The summed E-state index contributed by atoms with van der Waals surface area (Å²) in [5, 5.41) is 19.0. The Bertz CT molecular complexity index is 1480. The zero-order valence-corrected chi connectivity index (χ0v) is 18.0. The van der Waals surface area contributed by atoms with Gasteiger partial charge in [0.25, 0.3) is 5.56 Å². The lowest BCUT2D eigenvalue weighted by Crippen LogP contribution is -2.23. The van der Waals surface area contributed by atoms with Gasteiger partial charge in [0.05, 0.1) is 17.2 Å². The van der Waals surface area contributed by atoms with Crippen LogP contribution in [-0.4, -0.2) is 35.4 Å². The Morgan fingerprint density at radius 3 is 2.50 bits per heavy atom. The molecule has 0 radical (unpaired) electrons. The Morgan fingerprint density at radius 2 is 1.74 bits per heavy atom. The van der Waals surface area contributed by atoms with Crippen molar-refractivity contribution in [3.8, 4) is 5.82 Å². The molecule has 3 aromatic heterocycles. The van der Waals surface area contributed by atoms with Crippen LogP contribution in [0.2, 0.25) is 0 Å². The molecule has 1 amide bonds. The van der Waals surface area contributed by atoms with Gasteiger partial charge in [-0.25, -0.2) is 9.67 Å². The molecular weight excluding hydrogens is 432 g/mol. The number of carbonyl (C=O) groups is 1. The Labute approximate surface area is 193 Å². The Morgan fingerprint density at radius 1 is 0.912 bits per heavy atom. The number of benzene rings is 2.